The molecule has 0 saturated carbocycles. The summed E-state index contributed by atoms with van der Waals surface area (Å²) in [6.45, 7) is 0. The van der Waals surface area contributed by atoms with Crippen molar-refractivity contribution < 1.29 is 4.42 Å². The van der Waals surface area contributed by atoms with Crippen molar-refractivity contribution in [3.63, 3.8) is 0 Å². The Kier molecular flexibility index (Phi) is 1.42. The van der Waals surface area contributed by atoms with Crippen LogP contribution in [-0.4, -0.2) is 12.8 Å². The maximum Gasteiger partial charge on any atom is 0.153 e. The largest absolute Gasteiger partial charge is 0.454 e. The number of rotatable bonds is 0. The minimum Gasteiger partial charge on any atom is -0.454 e. The quantitative estimate of drug-likeness (QED) is 0.491. The van der Waals surface area contributed by atoms with Crippen molar-refractivity contribution in [3.8, 4) is 0 Å². The van der Waals surface area contributed by atoms with Gasteiger partial charge in [0.05, 0.1) is 6.20 Å². The lowest BCUT2D eigenvalue weighted by Gasteiger charge is -1.92. The van der Waals surface area contributed by atoms with Gasteiger partial charge in [-0.05, 0) is 6.07 Å². The van der Waals surface area contributed by atoms with Crippen LogP contribution in [0.15, 0.2) is 41.1 Å². The highest BCUT2D eigenvalue weighted by atomic mass is 16.3. The van der Waals surface area contributed by atoms with Gasteiger partial charge in [0.15, 0.2) is 5.58 Å². The second-order valence-corrected chi connectivity index (χ2v) is 3.20. The molecule has 0 amide bonds. The number of nitrogens with zero attached hydrogens (tertiary/aromatic N) is 1. The van der Waals surface area contributed by atoms with E-state index in [0.29, 0.717) is 5.46 Å². The molecule has 64 valence electrons. The summed E-state index contributed by atoms with van der Waals surface area (Å²) in [7, 11) is 5.84. The molecule has 0 spiro atoms. The van der Waals surface area contributed by atoms with Gasteiger partial charge in [0, 0.05) is 17.0 Å². The Hall–Kier alpha value is -1.77. The number of aromatic nitrogens is 1. The van der Waals surface area contributed by atoms with Crippen molar-refractivity contribution in [3.05, 3.63) is 36.7 Å². The molecule has 0 bridgehead atoms. The number of hydrogen-bond acceptors (Lipinski definition) is 2. The predicted molar refractivity (Wildman–Crippen MR) is 56.9 cm³/mol. The molecule has 3 rings (SSSR count). The third-order valence-corrected chi connectivity index (χ3v) is 2.32. The summed E-state index contributed by atoms with van der Waals surface area (Å²) < 4.78 is 5.59. The zero-order valence-corrected chi connectivity index (χ0v) is 7.40. The van der Waals surface area contributed by atoms with Crippen molar-refractivity contribution in [1.82, 2.24) is 4.98 Å². The summed E-state index contributed by atoms with van der Waals surface area (Å²) in [6.07, 6.45) is 3.33. The van der Waals surface area contributed by atoms with Crippen LogP contribution in [0.5, 0.6) is 0 Å². The summed E-state index contributed by atoms with van der Waals surface area (Å²) in [4.78, 5) is 3.99. The molecule has 2 nitrogen and oxygen atoms in total. The smallest absolute Gasteiger partial charge is 0.153 e. The third-order valence-electron chi connectivity index (χ3n) is 2.32. The number of pyridine rings is 1. The second-order valence-electron chi connectivity index (χ2n) is 3.20. The van der Waals surface area contributed by atoms with E-state index in [4.69, 9.17) is 12.3 Å². The molecule has 0 atom stereocenters. The standard InChI is InChI=1S/C11H6BNO/c12-8-5-13-6-10-11(8)7-3-1-2-4-9(7)14-10/h1-6H. The van der Waals surface area contributed by atoms with Crippen molar-refractivity contribution in [2.24, 2.45) is 0 Å². The van der Waals surface area contributed by atoms with E-state index in [1.807, 2.05) is 24.3 Å². The van der Waals surface area contributed by atoms with E-state index in [9.17, 15) is 0 Å². The van der Waals surface area contributed by atoms with Crippen molar-refractivity contribution in [2.75, 3.05) is 0 Å². The SMILES string of the molecule is [B]c1cncc2oc3ccccc3c12. The number of benzene rings is 1. The molecule has 2 heterocycles. The Morgan fingerprint density at radius 1 is 1.07 bits per heavy atom. The first-order valence-electron chi connectivity index (χ1n) is 4.37. The summed E-state index contributed by atoms with van der Waals surface area (Å²) >= 11 is 0. The van der Waals surface area contributed by atoms with Gasteiger partial charge in [-0.3, -0.25) is 4.98 Å². The number of fused-ring (bicyclic) bond motifs is 3. The third kappa shape index (κ3) is 0.895. The monoisotopic (exact) mass is 179 g/mol. The van der Waals surface area contributed by atoms with Crippen molar-refractivity contribution >= 4 is 35.2 Å². The Balaban J connectivity index is 2.65. The van der Waals surface area contributed by atoms with E-state index in [1.54, 1.807) is 12.4 Å². The fourth-order valence-electron chi connectivity index (χ4n) is 1.70. The van der Waals surface area contributed by atoms with E-state index in [-0.39, 0.29) is 0 Å². The van der Waals surface area contributed by atoms with E-state index in [2.05, 4.69) is 4.98 Å². The average molecular weight is 179 g/mol. The Morgan fingerprint density at radius 2 is 1.93 bits per heavy atom. The Labute approximate surface area is 82.0 Å². The minimum atomic E-state index is 0.660. The highest BCUT2D eigenvalue weighted by Crippen LogP contribution is 2.25. The van der Waals surface area contributed by atoms with E-state index >= 15 is 0 Å². The minimum absolute atomic E-state index is 0.660. The maximum atomic E-state index is 5.84. The fraction of sp³-hybridized carbons (Fsp3) is 0. The molecule has 0 fully saturated rings. The van der Waals surface area contributed by atoms with Crippen molar-refractivity contribution in [1.29, 1.82) is 0 Å². The fourth-order valence-corrected chi connectivity index (χ4v) is 1.70. The lowest BCUT2D eigenvalue weighted by molar-refractivity contribution is 0.667. The lowest BCUT2D eigenvalue weighted by Crippen LogP contribution is -2.02. The Morgan fingerprint density at radius 3 is 2.86 bits per heavy atom. The molecule has 0 N–H and O–H groups in total. The van der Waals surface area contributed by atoms with Gasteiger partial charge in [-0.1, -0.05) is 23.7 Å². The molecule has 14 heavy (non-hydrogen) atoms. The number of hydrogen-bond donors (Lipinski definition) is 0. The van der Waals surface area contributed by atoms with Gasteiger partial charge < -0.3 is 4.42 Å². The van der Waals surface area contributed by atoms with E-state index < -0.39 is 0 Å². The molecule has 0 unspecified atom stereocenters. The van der Waals surface area contributed by atoms with E-state index in [0.717, 1.165) is 21.9 Å². The van der Waals surface area contributed by atoms with Gasteiger partial charge in [-0.15, -0.1) is 0 Å². The molecule has 0 aliphatic rings. The molecular weight excluding hydrogens is 173 g/mol. The van der Waals surface area contributed by atoms with Crippen LogP contribution >= 0.6 is 0 Å². The van der Waals surface area contributed by atoms with Gasteiger partial charge >= 0.3 is 0 Å². The molecular formula is C11H6BNO. The van der Waals surface area contributed by atoms with Gasteiger partial charge in [-0.2, -0.15) is 0 Å². The summed E-state index contributed by atoms with van der Waals surface area (Å²) in [5.74, 6) is 0. The van der Waals surface area contributed by atoms with Crippen molar-refractivity contribution in [2.45, 2.75) is 0 Å². The number of para-hydroxylation sites is 1. The van der Waals surface area contributed by atoms with Gasteiger partial charge in [-0.25, -0.2) is 0 Å². The zero-order valence-electron chi connectivity index (χ0n) is 7.40. The Bertz CT molecular complexity index is 615. The topological polar surface area (TPSA) is 26.0 Å². The normalized spacial score (nSPS) is 11.1. The van der Waals surface area contributed by atoms with Crippen LogP contribution in [0, 0.1) is 0 Å². The highest BCUT2D eigenvalue weighted by Gasteiger charge is 2.07. The van der Waals surface area contributed by atoms with Crippen LogP contribution in [0.2, 0.25) is 0 Å². The summed E-state index contributed by atoms with van der Waals surface area (Å²) in [5.41, 5.74) is 2.25. The molecule has 2 aromatic heterocycles. The zero-order chi connectivity index (χ0) is 9.54. The van der Waals surface area contributed by atoms with Crippen LogP contribution < -0.4 is 5.46 Å². The van der Waals surface area contributed by atoms with Gasteiger partial charge in [0.1, 0.15) is 13.4 Å². The van der Waals surface area contributed by atoms with Crippen LogP contribution in [0.1, 0.15) is 0 Å². The molecule has 0 aliphatic heterocycles. The molecule has 1 aromatic carbocycles. The molecule has 3 heteroatoms. The molecule has 3 aromatic rings. The summed E-state index contributed by atoms with van der Waals surface area (Å²) in [5, 5.41) is 2.00. The van der Waals surface area contributed by atoms with Gasteiger partial charge in [0.25, 0.3) is 0 Å². The van der Waals surface area contributed by atoms with Crippen LogP contribution in [0.25, 0.3) is 21.9 Å². The van der Waals surface area contributed by atoms with Crippen LogP contribution in [0.4, 0.5) is 0 Å². The lowest BCUT2D eigenvalue weighted by atomic mass is 9.93. The first-order chi connectivity index (χ1) is 6.86. The molecule has 2 radical (unpaired) electrons. The predicted octanol–water partition coefficient (Wildman–Crippen LogP) is 1.77. The summed E-state index contributed by atoms with van der Waals surface area (Å²) in [6, 6.07) is 7.83. The maximum absolute atomic E-state index is 5.84. The first-order valence-corrected chi connectivity index (χ1v) is 4.37. The second kappa shape index (κ2) is 2.61. The van der Waals surface area contributed by atoms with Crippen LogP contribution in [0.3, 0.4) is 0 Å². The highest BCUT2D eigenvalue weighted by molar-refractivity contribution is 6.41. The van der Waals surface area contributed by atoms with Crippen LogP contribution in [-0.2, 0) is 0 Å². The average Bonchev–Trinajstić information content (AvgIpc) is 2.57. The number of furan rings is 1. The molecule has 0 saturated heterocycles. The van der Waals surface area contributed by atoms with E-state index in [1.165, 1.54) is 0 Å². The first kappa shape index (κ1) is 7.62. The molecule has 0 aliphatic carbocycles. The van der Waals surface area contributed by atoms with Gasteiger partial charge in [0.2, 0.25) is 0 Å².